The van der Waals surface area contributed by atoms with E-state index in [2.05, 4.69) is 21.4 Å². The number of anilines is 1. The van der Waals surface area contributed by atoms with Crippen LogP contribution >= 0.6 is 22.7 Å². The Labute approximate surface area is 142 Å². The van der Waals surface area contributed by atoms with Gasteiger partial charge in [0, 0.05) is 11.3 Å². The molecule has 1 aliphatic rings. The van der Waals surface area contributed by atoms with E-state index in [1.54, 1.807) is 11.3 Å². The molecule has 1 saturated carbocycles. The van der Waals surface area contributed by atoms with Crippen molar-refractivity contribution in [1.29, 1.82) is 0 Å². The molecule has 0 spiro atoms. The molecular formula is C17H17N3OS2. The van der Waals surface area contributed by atoms with E-state index in [1.165, 1.54) is 17.8 Å². The molecular weight excluding hydrogens is 326 g/mol. The molecule has 23 heavy (non-hydrogen) atoms. The van der Waals surface area contributed by atoms with Crippen LogP contribution in [0.5, 0.6) is 0 Å². The van der Waals surface area contributed by atoms with Gasteiger partial charge in [-0.25, -0.2) is 9.97 Å². The molecule has 1 aliphatic carbocycles. The Hall–Kier alpha value is -1.79. The van der Waals surface area contributed by atoms with Crippen LogP contribution in [0.1, 0.15) is 32.1 Å². The average molecular weight is 343 g/mol. The third-order valence-electron chi connectivity index (χ3n) is 4.22. The number of para-hydroxylation sites is 1. The normalized spacial score (nSPS) is 15.8. The van der Waals surface area contributed by atoms with Crippen molar-refractivity contribution < 1.29 is 4.79 Å². The Morgan fingerprint density at radius 3 is 2.78 bits per heavy atom. The van der Waals surface area contributed by atoms with E-state index in [-0.39, 0.29) is 11.8 Å². The highest BCUT2D eigenvalue weighted by molar-refractivity contribution is 7.22. The number of nitrogens with zero attached hydrogens (tertiary/aromatic N) is 2. The maximum Gasteiger partial charge on any atom is 0.229 e. The van der Waals surface area contributed by atoms with Crippen LogP contribution in [0.15, 0.2) is 29.6 Å². The summed E-state index contributed by atoms with van der Waals surface area (Å²) < 4.78 is 1.16. The van der Waals surface area contributed by atoms with Gasteiger partial charge in [0.1, 0.15) is 10.7 Å². The smallest absolute Gasteiger partial charge is 0.229 e. The van der Waals surface area contributed by atoms with Crippen LogP contribution in [0.4, 0.5) is 5.13 Å². The number of carbonyl (C=O) groups is 1. The first kappa shape index (κ1) is 14.8. The largest absolute Gasteiger partial charge is 0.302 e. The van der Waals surface area contributed by atoms with Gasteiger partial charge in [0.15, 0.2) is 5.13 Å². The highest BCUT2D eigenvalue weighted by Crippen LogP contribution is 2.32. The topological polar surface area (TPSA) is 54.9 Å². The van der Waals surface area contributed by atoms with E-state index in [1.807, 2.05) is 23.6 Å². The maximum absolute atomic E-state index is 12.3. The van der Waals surface area contributed by atoms with Gasteiger partial charge < -0.3 is 5.32 Å². The zero-order valence-electron chi connectivity index (χ0n) is 12.6. The van der Waals surface area contributed by atoms with Crippen LogP contribution in [0.3, 0.4) is 0 Å². The Morgan fingerprint density at radius 1 is 1.13 bits per heavy atom. The van der Waals surface area contributed by atoms with E-state index >= 15 is 0 Å². The second kappa shape index (κ2) is 6.37. The van der Waals surface area contributed by atoms with Crippen LogP contribution in [-0.2, 0) is 4.79 Å². The Kier molecular flexibility index (Phi) is 4.10. The van der Waals surface area contributed by atoms with Gasteiger partial charge in [-0.1, -0.05) is 31.4 Å². The summed E-state index contributed by atoms with van der Waals surface area (Å²) in [4.78, 5) is 21.5. The molecule has 0 unspecified atom stereocenters. The van der Waals surface area contributed by atoms with Crippen LogP contribution < -0.4 is 5.32 Å². The second-order valence-electron chi connectivity index (χ2n) is 5.85. The highest BCUT2D eigenvalue weighted by atomic mass is 32.1. The molecule has 6 heteroatoms. The number of fused-ring (bicyclic) bond motifs is 1. The quantitative estimate of drug-likeness (QED) is 0.733. The van der Waals surface area contributed by atoms with Gasteiger partial charge >= 0.3 is 0 Å². The van der Waals surface area contributed by atoms with Gasteiger partial charge in [-0.3, -0.25) is 4.79 Å². The van der Waals surface area contributed by atoms with Gasteiger partial charge in [-0.15, -0.1) is 22.7 Å². The van der Waals surface area contributed by atoms with Gasteiger partial charge in [-0.2, -0.15) is 0 Å². The van der Waals surface area contributed by atoms with Crippen molar-refractivity contribution in [3.8, 4) is 10.7 Å². The van der Waals surface area contributed by atoms with Crippen molar-refractivity contribution in [3.05, 3.63) is 29.6 Å². The molecule has 118 valence electrons. The van der Waals surface area contributed by atoms with Crippen LogP contribution in [-0.4, -0.2) is 15.9 Å². The number of nitrogens with one attached hydrogen (secondary N) is 1. The molecule has 0 aliphatic heterocycles. The molecule has 1 fully saturated rings. The highest BCUT2D eigenvalue weighted by Gasteiger charge is 2.22. The third kappa shape index (κ3) is 3.14. The lowest BCUT2D eigenvalue weighted by Gasteiger charge is -2.19. The lowest BCUT2D eigenvalue weighted by Crippen LogP contribution is -2.24. The molecule has 1 aromatic carbocycles. The van der Waals surface area contributed by atoms with Crippen LogP contribution in [0, 0.1) is 5.92 Å². The Bertz CT molecular complexity index is 800. The predicted octanol–water partition coefficient (Wildman–Crippen LogP) is 4.94. The SMILES string of the molecule is O=C(Nc1nc(-c2nc3ccccc3s2)cs1)C1CCCCC1. The molecule has 1 N–H and O–H groups in total. The van der Waals surface area contributed by atoms with Gasteiger partial charge in [0.05, 0.1) is 10.2 Å². The summed E-state index contributed by atoms with van der Waals surface area (Å²) in [5.41, 5.74) is 1.84. The molecule has 2 aromatic heterocycles. The first-order valence-electron chi connectivity index (χ1n) is 7.92. The minimum Gasteiger partial charge on any atom is -0.302 e. The zero-order chi connectivity index (χ0) is 15.6. The number of hydrogen-bond donors (Lipinski definition) is 1. The fourth-order valence-electron chi connectivity index (χ4n) is 2.98. The molecule has 1 amide bonds. The monoisotopic (exact) mass is 343 g/mol. The summed E-state index contributed by atoms with van der Waals surface area (Å²) in [6.45, 7) is 0. The lowest BCUT2D eigenvalue weighted by molar-refractivity contribution is -0.120. The predicted molar refractivity (Wildman–Crippen MR) is 95.9 cm³/mol. The maximum atomic E-state index is 12.3. The molecule has 0 saturated heterocycles. The minimum atomic E-state index is 0.120. The minimum absolute atomic E-state index is 0.120. The number of benzene rings is 1. The van der Waals surface area contributed by atoms with E-state index in [9.17, 15) is 4.79 Å². The number of thiazole rings is 2. The first-order chi connectivity index (χ1) is 11.3. The van der Waals surface area contributed by atoms with Crippen molar-refractivity contribution in [2.45, 2.75) is 32.1 Å². The molecule has 0 atom stereocenters. The van der Waals surface area contributed by atoms with Gasteiger partial charge in [0.25, 0.3) is 0 Å². The van der Waals surface area contributed by atoms with E-state index < -0.39 is 0 Å². The molecule has 4 nitrogen and oxygen atoms in total. The molecule has 2 heterocycles. The van der Waals surface area contributed by atoms with Crippen molar-refractivity contribution >= 4 is 43.9 Å². The molecule has 4 rings (SSSR count). The van der Waals surface area contributed by atoms with Crippen LogP contribution in [0.25, 0.3) is 20.9 Å². The molecule has 3 aromatic rings. The number of rotatable bonds is 3. The first-order valence-corrected chi connectivity index (χ1v) is 9.61. The fraction of sp³-hybridized carbons (Fsp3) is 0.353. The van der Waals surface area contributed by atoms with Crippen molar-refractivity contribution in [1.82, 2.24) is 9.97 Å². The summed E-state index contributed by atoms with van der Waals surface area (Å²) in [5, 5.41) is 6.53. The number of amides is 1. The zero-order valence-corrected chi connectivity index (χ0v) is 14.3. The van der Waals surface area contributed by atoms with E-state index in [4.69, 9.17) is 0 Å². The number of hydrogen-bond acceptors (Lipinski definition) is 5. The van der Waals surface area contributed by atoms with E-state index in [0.29, 0.717) is 5.13 Å². The number of aromatic nitrogens is 2. The van der Waals surface area contributed by atoms with E-state index in [0.717, 1.165) is 46.6 Å². The van der Waals surface area contributed by atoms with Gasteiger partial charge in [-0.05, 0) is 25.0 Å². The molecule has 0 radical (unpaired) electrons. The second-order valence-corrected chi connectivity index (χ2v) is 7.74. The summed E-state index contributed by atoms with van der Waals surface area (Å²) in [6, 6.07) is 8.08. The molecule has 0 bridgehead atoms. The number of carbonyl (C=O) groups excluding carboxylic acids is 1. The Morgan fingerprint density at radius 2 is 1.96 bits per heavy atom. The third-order valence-corrected chi connectivity index (χ3v) is 6.04. The van der Waals surface area contributed by atoms with Crippen molar-refractivity contribution in [3.63, 3.8) is 0 Å². The summed E-state index contributed by atoms with van der Waals surface area (Å²) >= 11 is 3.10. The summed E-state index contributed by atoms with van der Waals surface area (Å²) in [7, 11) is 0. The Balaban J connectivity index is 1.51. The standard InChI is InChI=1S/C17H17N3OS2/c21-15(11-6-2-1-3-7-11)20-17-19-13(10-22-17)16-18-12-8-4-5-9-14(12)23-16/h4-5,8-11H,1-3,6-7H2,(H,19,20,21). The van der Waals surface area contributed by atoms with Crippen LogP contribution in [0.2, 0.25) is 0 Å². The fourth-order valence-corrected chi connectivity index (χ4v) is 4.68. The average Bonchev–Trinajstić information content (AvgIpc) is 3.21. The van der Waals surface area contributed by atoms with Gasteiger partial charge in [0.2, 0.25) is 5.91 Å². The lowest BCUT2D eigenvalue weighted by atomic mass is 9.89. The summed E-state index contributed by atoms with van der Waals surface area (Å²) in [6.07, 6.45) is 5.58. The summed E-state index contributed by atoms with van der Waals surface area (Å²) in [5.74, 6) is 0.272. The van der Waals surface area contributed by atoms with Crippen molar-refractivity contribution in [2.75, 3.05) is 5.32 Å². The van der Waals surface area contributed by atoms with Crippen molar-refractivity contribution in [2.24, 2.45) is 5.92 Å².